The number of carbonyl (C=O) groups is 2. The van der Waals surface area contributed by atoms with E-state index in [1.165, 1.54) is 4.90 Å². The molecule has 0 saturated carbocycles. The minimum atomic E-state index is -0.729. The highest BCUT2D eigenvalue weighted by Gasteiger charge is 2.46. The molecule has 1 aliphatic heterocycles. The van der Waals surface area contributed by atoms with E-state index in [9.17, 15) is 14.7 Å². The van der Waals surface area contributed by atoms with Gasteiger partial charge in [0.15, 0.2) is 0 Å². The predicted octanol–water partition coefficient (Wildman–Crippen LogP) is 4.70. The monoisotopic (exact) mass is 445 g/mol. The summed E-state index contributed by atoms with van der Waals surface area (Å²) in [5, 5.41) is 13.1. The summed E-state index contributed by atoms with van der Waals surface area (Å²) in [5.74, 6) is -0.848. The van der Waals surface area contributed by atoms with Gasteiger partial charge in [0.05, 0.1) is 24.3 Å². The molecule has 4 rings (SSSR count). The molecule has 1 unspecified atom stereocenters. The first-order chi connectivity index (χ1) is 15.9. The number of ether oxygens (including phenoxy) is 2. The molecule has 3 aromatic rings. The van der Waals surface area contributed by atoms with Crippen molar-refractivity contribution in [3.05, 3.63) is 83.4 Å². The minimum absolute atomic E-state index is 0.0227. The van der Waals surface area contributed by atoms with Gasteiger partial charge < -0.3 is 19.5 Å². The van der Waals surface area contributed by atoms with Crippen LogP contribution < -0.4 is 4.74 Å². The van der Waals surface area contributed by atoms with Crippen molar-refractivity contribution < 1.29 is 24.2 Å². The molecule has 3 aromatic carbocycles. The molecule has 0 spiro atoms. The Labute approximate surface area is 193 Å². The van der Waals surface area contributed by atoms with Crippen LogP contribution in [0.15, 0.2) is 72.3 Å². The molecule has 33 heavy (non-hydrogen) atoms. The summed E-state index contributed by atoms with van der Waals surface area (Å²) in [5.41, 5.74) is 1.30. The maximum Gasteiger partial charge on any atom is 0.295 e. The highest BCUT2D eigenvalue weighted by Crippen LogP contribution is 2.40. The second kappa shape index (κ2) is 9.46. The predicted molar refractivity (Wildman–Crippen MR) is 127 cm³/mol. The Morgan fingerprint density at radius 3 is 2.39 bits per heavy atom. The van der Waals surface area contributed by atoms with Crippen LogP contribution >= 0.6 is 0 Å². The van der Waals surface area contributed by atoms with Gasteiger partial charge in [-0.3, -0.25) is 9.59 Å². The number of hydrogen-bond acceptors (Lipinski definition) is 5. The van der Waals surface area contributed by atoms with Crippen molar-refractivity contribution in [2.45, 2.75) is 26.0 Å². The van der Waals surface area contributed by atoms with Crippen molar-refractivity contribution in [2.24, 2.45) is 0 Å². The Morgan fingerprint density at radius 2 is 1.70 bits per heavy atom. The van der Waals surface area contributed by atoms with E-state index in [0.717, 1.165) is 10.8 Å². The number of aliphatic hydroxyl groups is 1. The zero-order chi connectivity index (χ0) is 23.5. The molecule has 6 heteroatoms. The second-order valence-electron chi connectivity index (χ2n) is 8.25. The van der Waals surface area contributed by atoms with Crippen LogP contribution in [0.3, 0.4) is 0 Å². The van der Waals surface area contributed by atoms with Crippen LogP contribution in [0.2, 0.25) is 0 Å². The molecule has 0 bridgehead atoms. The fraction of sp³-hybridized carbons (Fsp3) is 0.259. The molecule has 1 saturated heterocycles. The highest BCUT2D eigenvalue weighted by atomic mass is 16.5. The first-order valence-electron chi connectivity index (χ1n) is 10.9. The number of rotatable bonds is 7. The van der Waals surface area contributed by atoms with Crippen molar-refractivity contribution in [2.75, 3.05) is 20.3 Å². The van der Waals surface area contributed by atoms with E-state index < -0.39 is 17.7 Å². The average Bonchev–Trinajstić information content (AvgIpc) is 3.07. The van der Waals surface area contributed by atoms with Crippen molar-refractivity contribution in [3.63, 3.8) is 0 Å². The van der Waals surface area contributed by atoms with Crippen LogP contribution in [-0.2, 0) is 14.3 Å². The van der Waals surface area contributed by atoms with Gasteiger partial charge in [0.2, 0.25) is 0 Å². The van der Waals surface area contributed by atoms with E-state index >= 15 is 0 Å². The topological polar surface area (TPSA) is 76.1 Å². The van der Waals surface area contributed by atoms with E-state index in [0.29, 0.717) is 16.9 Å². The van der Waals surface area contributed by atoms with Gasteiger partial charge in [-0.05, 0) is 42.3 Å². The molecule has 1 amide bonds. The molecule has 1 fully saturated rings. The number of fused-ring (bicyclic) bond motifs is 1. The van der Waals surface area contributed by atoms with Gasteiger partial charge in [-0.1, -0.05) is 54.6 Å². The van der Waals surface area contributed by atoms with Crippen molar-refractivity contribution in [1.82, 2.24) is 4.90 Å². The Bertz CT molecular complexity index is 1210. The number of carbonyl (C=O) groups excluding carboxylic acids is 2. The first kappa shape index (κ1) is 22.6. The molecular weight excluding hydrogens is 418 g/mol. The van der Waals surface area contributed by atoms with Crippen LogP contribution in [0, 0.1) is 0 Å². The van der Waals surface area contributed by atoms with E-state index in [1.807, 2.05) is 74.5 Å². The number of Topliss-reactive ketones (excluding diaryl/α,β-unsaturated/α-hetero) is 1. The largest absolute Gasteiger partial charge is 0.507 e. The molecule has 1 heterocycles. The molecule has 0 aliphatic carbocycles. The van der Waals surface area contributed by atoms with Crippen molar-refractivity contribution in [1.29, 1.82) is 0 Å². The number of likely N-dealkylation sites (tertiary alicyclic amines) is 1. The summed E-state index contributed by atoms with van der Waals surface area (Å²) in [6, 6.07) is 19.7. The number of benzene rings is 3. The van der Waals surface area contributed by atoms with Crippen LogP contribution in [-0.4, -0.2) is 48.1 Å². The summed E-state index contributed by atoms with van der Waals surface area (Å²) in [6.07, 6.45) is 0.0227. The van der Waals surface area contributed by atoms with Crippen LogP contribution in [0.5, 0.6) is 5.75 Å². The second-order valence-corrected chi connectivity index (χ2v) is 8.25. The third-order valence-electron chi connectivity index (χ3n) is 5.69. The Balaban J connectivity index is 1.86. The molecule has 1 atom stereocenters. The molecule has 1 aliphatic rings. The van der Waals surface area contributed by atoms with Gasteiger partial charge in [-0.25, -0.2) is 0 Å². The zero-order valence-corrected chi connectivity index (χ0v) is 18.9. The lowest BCUT2D eigenvalue weighted by Gasteiger charge is -2.25. The van der Waals surface area contributed by atoms with Crippen molar-refractivity contribution in [3.8, 4) is 5.75 Å². The molecule has 0 radical (unpaired) electrons. The lowest BCUT2D eigenvalue weighted by molar-refractivity contribution is -0.140. The molecule has 170 valence electrons. The van der Waals surface area contributed by atoms with E-state index in [-0.39, 0.29) is 30.6 Å². The summed E-state index contributed by atoms with van der Waals surface area (Å²) >= 11 is 0. The summed E-state index contributed by atoms with van der Waals surface area (Å²) in [6.45, 7) is 4.38. The van der Waals surface area contributed by atoms with E-state index in [2.05, 4.69) is 0 Å². The third kappa shape index (κ3) is 4.34. The normalized spacial score (nSPS) is 17.8. The fourth-order valence-electron chi connectivity index (χ4n) is 4.22. The highest BCUT2D eigenvalue weighted by molar-refractivity contribution is 6.46. The Hall–Kier alpha value is -3.64. The van der Waals surface area contributed by atoms with Gasteiger partial charge in [-0.15, -0.1) is 0 Å². The number of methoxy groups -OCH3 is 1. The smallest absolute Gasteiger partial charge is 0.295 e. The number of amides is 1. The Kier molecular flexibility index (Phi) is 6.47. The van der Waals surface area contributed by atoms with Crippen LogP contribution in [0.1, 0.15) is 31.0 Å². The maximum absolute atomic E-state index is 13.2. The van der Waals surface area contributed by atoms with Gasteiger partial charge in [0.1, 0.15) is 11.5 Å². The number of hydrogen-bond donors (Lipinski definition) is 1. The standard InChI is InChI=1S/C27H27NO5/c1-17(2)33-20-13-11-19(12-14-20)24-23(26(30)27(31)28(24)15-16-32-3)25(29)22-10-6-8-18-7-4-5-9-21(18)22/h4-14,17,24,29H,15-16H2,1-3H3/b25-23-. The number of nitrogens with zero attached hydrogens (tertiary/aromatic N) is 1. The van der Waals surface area contributed by atoms with E-state index in [4.69, 9.17) is 9.47 Å². The third-order valence-corrected chi connectivity index (χ3v) is 5.69. The van der Waals surface area contributed by atoms with E-state index in [1.54, 1.807) is 13.2 Å². The van der Waals surface area contributed by atoms with Crippen LogP contribution in [0.4, 0.5) is 0 Å². The lowest BCUT2D eigenvalue weighted by atomic mass is 9.93. The van der Waals surface area contributed by atoms with Crippen LogP contribution in [0.25, 0.3) is 16.5 Å². The summed E-state index contributed by atoms with van der Waals surface area (Å²) < 4.78 is 10.9. The number of ketones is 1. The minimum Gasteiger partial charge on any atom is -0.507 e. The fourth-order valence-corrected chi connectivity index (χ4v) is 4.22. The average molecular weight is 446 g/mol. The van der Waals surface area contributed by atoms with Gasteiger partial charge in [0.25, 0.3) is 11.7 Å². The quantitative estimate of drug-likeness (QED) is 0.324. The van der Waals surface area contributed by atoms with Gasteiger partial charge >= 0.3 is 0 Å². The molecule has 1 N–H and O–H groups in total. The Morgan fingerprint density at radius 1 is 1.00 bits per heavy atom. The lowest BCUT2D eigenvalue weighted by Crippen LogP contribution is -2.32. The van der Waals surface area contributed by atoms with Crippen molar-refractivity contribution >= 4 is 28.2 Å². The zero-order valence-electron chi connectivity index (χ0n) is 18.9. The summed E-state index contributed by atoms with van der Waals surface area (Å²) in [7, 11) is 1.54. The number of aliphatic hydroxyl groups excluding tert-OH is 1. The van der Waals surface area contributed by atoms with Gasteiger partial charge in [-0.2, -0.15) is 0 Å². The first-order valence-corrected chi connectivity index (χ1v) is 10.9. The molecule has 6 nitrogen and oxygen atoms in total. The SMILES string of the molecule is COCCN1C(=O)C(=O)/C(=C(\O)c2cccc3ccccc23)C1c1ccc(OC(C)C)cc1. The summed E-state index contributed by atoms with van der Waals surface area (Å²) in [4.78, 5) is 27.6. The molecular formula is C27H27NO5. The van der Waals surface area contributed by atoms with Gasteiger partial charge in [0, 0.05) is 19.2 Å². The maximum atomic E-state index is 13.2. The molecule has 0 aromatic heterocycles.